The number of hydrogen-bond acceptors (Lipinski definition) is 6. The molecule has 0 aromatic carbocycles. The SMILES string of the molecule is C=N/C=C(/CNc1cc(=O)n(O)c2ncnc(C)c12)C(=C)C. The zero-order chi connectivity index (χ0) is 16.3. The summed E-state index contributed by atoms with van der Waals surface area (Å²) in [6.07, 6.45) is 2.91. The monoisotopic (exact) mass is 299 g/mol. The van der Waals surface area contributed by atoms with Crippen LogP contribution in [0.25, 0.3) is 11.0 Å². The maximum Gasteiger partial charge on any atom is 0.286 e. The molecule has 7 nitrogen and oxygen atoms in total. The number of nitrogens with zero attached hydrogens (tertiary/aromatic N) is 4. The van der Waals surface area contributed by atoms with Crippen LogP contribution in [-0.4, -0.2) is 33.2 Å². The van der Waals surface area contributed by atoms with Gasteiger partial charge in [0.2, 0.25) is 0 Å². The van der Waals surface area contributed by atoms with Gasteiger partial charge in [0.1, 0.15) is 6.33 Å². The third-order valence-corrected chi connectivity index (χ3v) is 3.23. The average molecular weight is 299 g/mol. The maximum absolute atomic E-state index is 11.8. The molecule has 2 heterocycles. The lowest BCUT2D eigenvalue weighted by Crippen LogP contribution is -2.20. The molecule has 0 saturated carbocycles. The molecule has 22 heavy (non-hydrogen) atoms. The van der Waals surface area contributed by atoms with Gasteiger partial charge in [0.15, 0.2) is 5.65 Å². The van der Waals surface area contributed by atoms with E-state index >= 15 is 0 Å². The highest BCUT2D eigenvalue weighted by Gasteiger charge is 2.12. The lowest BCUT2D eigenvalue weighted by atomic mass is 10.1. The lowest BCUT2D eigenvalue weighted by molar-refractivity contribution is 0.186. The van der Waals surface area contributed by atoms with Crippen molar-refractivity contribution in [2.75, 3.05) is 11.9 Å². The van der Waals surface area contributed by atoms with Gasteiger partial charge in [-0.2, -0.15) is 0 Å². The van der Waals surface area contributed by atoms with E-state index in [1.807, 2.05) is 6.92 Å². The normalized spacial score (nSPS) is 11.5. The van der Waals surface area contributed by atoms with Crippen LogP contribution in [0.15, 0.2) is 46.1 Å². The number of nitrogens with one attached hydrogen (secondary N) is 1. The summed E-state index contributed by atoms with van der Waals surface area (Å²) in [6.45, 7) is 11.3. The molecule has 114 valence electrons. The quantitative estimate of drug-likeness (QED) is 0.500. The van der Waals surface area contributed by atoms with E-state index in [2.05, 4.69) is 33.6 Å². The van der Waals surface area contributed by atoms with Gasteiger partial charge in [-0.25, -0.2) is 9.97 Å². The molecule has 0 bridgehead atoms. The topological polar surface area (TPSA) is 92.4 Å². The van der Waals surface area contributed by atoms with Crippen molar-refractivity contribution >= 4 is 23.4 Å². The van der Waals surface area contributed by atoms with Crippen LogP contribution in [0.3, 0.4) is 0 Å². The van der Waals surface area contributed by atoms with Gasteiger partial charge < -0.3 is 10.5 Å². The van der Waals surface area contributed by atoms with Crippen LogP contribution in [-0.2, 0) is 0 Å². The van der Waals surface area contributed by atoms with Gasteiger partial charge in [-0.15, -0.1) is 4.73 Å². The first-order valence-corrected chi connectivity index (χ1v) is 6.57. The molecule has 0 atom stereocenters. The summed E-state index contributed by atoms with van der Waals surface area (Å²) in [5.74, 6) is 0. The van der Waals surface area contributed by atoms with E-state index in [1.54, 1.807) is 13.1 Å². The molecule has 0 aliphatic rings. The summed E-state index contributed by atoms with van der Waals surface area (Å²) in [7, 11) is 0. The van der Waals surface area contributed by atoms with Crippen LogP contribution >= 0.6 is 0 Å². The summed E-state index contributed by atoms with van der Waals surface area (Å²) in [6, 6.07) is 1.30. The van der Waals surface area contributed by atoms with Gasteiger partial charge in [-0.3, -0.25) is 9.79 Å². The molecule has 0 spiro atoms. The number of aromatic nitrogens is 3. The second kappa shape index (κ2) is 6.21. The number of aliphatic imine (C=N–C) groups is 1. The number of pyridine rings is 1. The van der Waals surface area contributed by atoms with E-state index < -0.39 is 5.56 Å². The molecule has 2 N–H and O–H groups in total. The van der Waals surface area contributed by atoms with E-state index in [9.17, 15) is 10.0 Å². The zero-order valence-corrected chi connectivity index (χ0v) is 12.5. The number of aryl methyl sites for hydroxylation is 1. The first kappa shape index (κ1) is 15.4. The average Bonchev–Trinajstić information content (AvgIpc) is 2.47. The summed E-state index contributed by atoms with van der Waals surface area (Å²) in [4.78, 5) is 23.6. The Labute approximate surface area is 127 Å². The van der Waals surface area contributed by atoms with Crippen molar-refractivity contribution in [3.05, 3.63) is 52.4 Å². The predicted octanol–water partition coefficient (Wildman–Crippen LogP) is 1.91. The fourth-order valence-corrected chi connectivity index (χ4v) is 2.04. The van der Waals surface area contributed by atoms with E-state index in [0.29, 0.717) is 28.0 Å². The Morgan fingerprint density at radius 2 is 2.27 bits per heavy atom. The smallest absolute Gasteiger partial charge is 0.286 e. The van der Waals surface area contributed by atoms with Gasteiger partial charge in [0, 0.05) is 18.8 Å². The van der Waals surface area contributed by atoms with Crippen LogP contribution in [0, 0.1) is 6.92 Å². The number of anilines is 1. The van der Waals surface area contributed by atoms with Gasteiger partial charge in [-0.1, -0.05) is 12.2 Å². The van der Waals surface area contributed by atoms with Gasteiger partial charge in [0.25, 0.3) is 5.56 Å². The predicted molar refractivity (Wildman–Crippen MR) is 86.7 cm³/mol. The Morgan fingerprint density at radius 3 is 2.91 bits per heavy atom. The van der Waals surface area contributed by atoms with E-state index in [1.165, 1.54) is 12.4 Å². The zero-order valence-electron chi connectivity index (χ0n) is 12.5. The molecule has 0 amide bonds. The van der Waals surface area contributed by atoms with Gasteiger partial charge in [-0.05, 0) is 26.1 Å². The summed E-state index contributed by atoms with van der Waals surface area (Å²) >= 11 is 0. The minimum atomic E-state index is -0.573. The highest BCUT2D eigenvalue weighted by molar-refractivity contribution is 5.90. The van der Waals surface area contributed by atoms with Crippen molar-refractivity contribution in [2.45, 2.75) is 13.8 Å². The van der Waals surface area contributed by atoms with Crippen molar-refractivity contribution < 1.29 is 5.21 Å². The van der Waals surface area contributed by atoms with Gasteiger partial charge >= 0.3 is 0 Å². The molecule has 0 aliphatic heterocycles. The third-order valence-electron chi connectivity index (χ3n) is 3.23. The Balaban J connectivity index is 2.50. The largest absolute Gasteiger partial charge is 0.423 e. The maximum atomic E-state index is 11.8. The number of rotatable bonds is 5. The van der Waals surface area contributed by atoms with Crippen molar-refractivity contribution in [1.29, 1.82) is 0 Å². The van der Waals surface area contributed by atoms with E-state index in [-0.39, 0.29) is 5.65 Å². The molecule has 0 unspecified atom stereocenters. The Hall–Kier alpha value is -2.96. The Morgan fingerprint density at radius 1 is 1.55 bits per heavy atom. The van der Waals surface area contributed by atoms with Crippen LogP contribution in [0.1, 0.15) is 12.6 Å². The van der Waals surface area contributed by atoms with Crippen molar-refractivity contribution in [3.63, 3.8) is 0 Å². The van der Waals surface area contributed by atoms with Crippen molar-refractivity contribution in [3.8, 4) is 0 Å². The van der Waals surface area contributed by atoms with Crippen LogP contribution in [0.5, 0.6) is 0 Å². The lowest BCUT2D eigenvalue weighted by Gasteiger charge is -2.13. The molecular weight excluding hydrogens is 282 g/mol. The van der Waals surface area contributed by atoms with E-state index in [0.717, 1.165) is 11.1 Å². The van der Waals surface area contributed by atoms with Crippen LogP contribution < -0.4 is 10.9 Å². The molecule has 0 radical (unpaired) electrons. The highest BCUT2D eigenvalue weighted by atomic mass is 16.5. The van der Waals surface area contributed by atoms with Crippen LogP contribution in [0.2, 0.25) is 0 Å². The van der Waals surface area contributed by atoms with Crippen molar-refractivity contribution in [1.82, 2.24) is 14.7 Å². The molecule has 7 heteroatoms. The molecule has 0 aliphatic carbocycles. The van der Waals surface area contributed by atoms with Crippen molar-refractivity contribution in [2.24, 2.45) is 4.99 Å². The molecule has 0 fully saturated rings. The minimum Gasteiger partial charge on any atom is -0.423 e. The number of hydrogen-bond donors (Lipinski definition) is 2. The fraction of sp³-hybridized carbons (Fsp3) is 0.200. The molecule has 2 rings (SSSR count). The first-order valence-electron chi connectivity index (χ1n) is 6.57. The summed E-state index contributed by atoms with van der Waals surface area (Å²) in [5.41, 5.74) is 2.47. The number of fused-ring (bicyclic) bond motifs is 1. The van der Waals surface area contributed by atoms with Gasteiger partial charge in [0.05, 0.1) is 16.8 Å². The molecule has 2 aromatic heterocycles. The molecular formula is C15H17N5O2. The fourth-order valence-electron chi connectivity index (χ4n) is 2.04. The minimum absolute atomic E-state index is 0.158. The first-order chi connectivity index (χ1) is 10.5. The Kier molecular flexibility index (Phi) is 4.36. The summed E-state index contributed by atoms with van der Waals surface area (Å²) < 4.78 is 0.510. The Bertz CT molecular complexity index is 836. The standard InChI is InChI=1S/C15H17N5O2/c1-9(2)11(6-16-4)7-17-12-5-13(21)20(22)15-14(12)10(3)18-8-19-15/h5-6,8,17,22H,1,4,7H2,2-3H3/b11-6-. The molecule has 2 aromatic rings. The second-order valence-corrected chi connectivity index (χ2v) is 4.84. The second-order valence-electron chi connectivity index (χ2n) is 4.84. The molecule has 0 saturated heterocycles. The van der Waals surface area contributed by atoms with Crippen LogP contribution in [0.4, 0.5) is 5.69 Å². The highest BCUT2D eigenvalue weighted by Crippen LogP contribution is 2.22. The van der Waals surface area contributed by atoms with E-state index in [4.69, 9.17) is 0 Å². The summed E-state index contributed by atoms with van der Waals surface area (Å²) in [5, 5.41) is 13.5. The third kappa shape index (κ3) is 2.88.